The van der Waals surface area contributed by atoms with E-state index in [9.17, 15) is 8.42 Å². The Morgan fingerprint density at radius 1 is 1.19 bits per heavy atom. The fourth-order valence-corrected chi connectivity index (χ4v) is 5.75. The van der Waals surface area contributed by atoms with Crippen molar-refractivity contribution in [2.24, 2.45) is 17.3 Å². The zero-order chi connectivity index (χ0) is 11.2. The minimum atomic E-state index is -2.71. The van der Waals surface area contributed by atoms with Gasteiger partial charge in [0.15, 0.2) is 9.84 Å². The summed E-state index contributed by atoms with van der Waals surface area (Å²) in [6.07, 6.45) is 5.90. The van der Waals surface area contributed by atoms with Gasteiger partial charge in [0.1, 0.15) is 0 Å². The van der Waals surface area contributed by atoms with Gasteiger partial charge in [-0.2, -0.15) is 0 Å². The van der Waals surface area contributed by atoms with Gasteiger partial charge in [-0.1, -0.05) is 0 Å². The highest BCUT2D eigenvalue weighted by molar-refractivity contribution is 7.91. The third-order valence-corrected chi connectivity index (χ3v) is 6.77. The van der Waals surface area contributed by atoms with E-state index in [1.54, 1.807) is 0 Å². The summed E-state index contributed by atoms with van der Waals surface area (Å²) in [5.74, 6) is 2.12. The van der Waals surface area contributed by atoms with Gasteiger partial charge in [-0.05, 0) is 62.4 Å². The van der Waals surface area contributed by atoms with Gasteiger partial charge in [-0.3, -0.25) is 0 Å². The zero-order valence-electron chi connectivity index (χ0n) is 9.74. The summed E-state index contributed by atoms with van der Waals surface area (Å²) in [6.45, 7) is 2.27. The van der Waals surface area contributed by atoms with Crippen LogP contribution in [0.2, 0.25) is 0 Å². The molecule has 1 N–H and O–H groups in total. The lowest BCUT2D eigenvalue weighted by Crippen LogP contribution is -2.33. The van der Waals surface area contributed by atoms with Crippen molar-refractivity contribution >= 4 is 9.84 Å². The van der Waals surface area contributed by atoms with Crippen molar-refractivity contribution in [3.05, 3.63) is 0 Å². The molecular weight excluding hydrogens is 222 g/mol. The van der Waals surface area contributed by atoms with Crippen LogP contribution in [0, 0.1) is 17.3 Å². The number of nitrogens with one attached hydrogen (secondary N) is 1. The van der Waals surface area contributed by atoms with Crippen LogP contribution in [-0.4, -0.2) is 33.0 Å². The Hall–Kier alpha value is -0.0900. The molecule has 2 aliphatic heterocycles. The van der Waals surface area contributed by atoms with Crippen LogP contribution >= 0.6 is 0 Å². The van der Waals surface area contributed by atoms with Crippen LogP contribution in [-0.2, 0) is 9.84 Å². The monoisotopic (exact) mass is 243 g/mol. The minimum Gasteiger partial charge on any atom is -0.317 e. The molecule has 1 aliphatic carbocycles. The summed E-state index contributed by atoms with van der Waals surface area (Å²) < 4.78 is 23.3. The molecule has 3 nitrogen and oxygen atoms in total. The molecule has 1 saturated carbocycles. The lowest BCUT2D eigenvalue weighted by Gasteiger charge is -2.28. The smallest absolute Gasteiger partial charge is 0.150 e. The van der Waals surface area contributed by atoms with E-state index in [4.69, 9.17) is 0 Å². The van der Waals surface area contributed by atoms with Crippen LogP contribution in [0.1, 0.15) is 32.1 Å². The Morgan fingerprint density at radius 2 is 1.94 bits per heavy atom. The first kappa shape index (κ1) is 11.0. The summed E-state index contributed by atoms with van der Waals surface area (Å²) in [4.78, 5) is 0. The molecule has 0 amide bonds. The van der Waals surface area contributed by atoms with E-state index < -0.39 is 9.84 Å². The number of rotatable bonds is 1. The summed E-state index contributed by atoms with van der Waals surface area (Å²) in [6, 6.07) is 0. The highest BCUT2D eigenvalue weighted by Crippen LogP contribution is 2.63. The lowest BCUT2D eigenvalue weighted by molar-refractivity contribution is 0.280. The SMILES string of the molecule is O=S1(=O)CCCC(C2CC23CCNCC3)C1. The van der Waals surface area contributed by atoms with Crippen LogP contribution in [0.5, 0.6) is 0 Å². The first-order valence-corrected chi connectivity index (χ1v) is 8.35. The van der Waals surface area contributed by atoms with E-state index in [1.165, 1.54) is 19.3 Å². The number of hydrogen-bond acceptors (Lipinski definition) is 3. The highest BCUT2D eigenvalue weighted by atomic mass is 32.2. The molecule has 2 unspecified atom stereocenters. The van der Waals surface area contributed by atoms with Crippen LogP contribution in [0.3, 0.4) is 0 Å². The van der Waals surface area contributed by atoms with Crippen LogP contribution in [0.15, 0.2) is 0 Å². The van der Waals surface area contributed by atoms with E-state index in [2.05, 4.69) is 5.32 Å². The molecule has 0 aromatic rings. The molecule has 3 aliphatic rings. The van der Waals surface area contributed by atoms with Gasteiger partial charge in [-0.15, -0.1) is 0 Å². The topological polar surface area (TPSA) is 46.2 Å². The Balaban J connectivity index is 1.67. The van der Waals surface area contributed by atoms with E-state index in [1.807, 2.05) is 0 Å². The molecule has 92 valence electrons. The molecule has 0 aromatic heterocycles. The second-order valence-electron chi connectivity index (χ2n) is 5.94. The predicted molar refractivity (Wildman–Crippen MR) is 64.0 cm³/mol. The fraction of sp³-hybridized carbons (Fsp3) is 1.00. The molecule has 2 heterocycles. The molecule has 3 fully saturated rings. The Bertz CT molecular complexity index is 370. The number of sulfone groups is 1. The highest BCUT2D eigenvalue weighted by Gasteiger charge is 2.57. The molecule has 0 bridgehead atoms. The quantitative estimate of drug-likeness (QED) is 0.753. The Kier molecular flexibility index (Phi) is 2.55. The number of piperidine rings is 1. The van der Waals surface area contributed by atoms with Crippen LogP contribution < -0.4 is 5.32 Å². The predicted octanol–water partition coefficient (Wildman–Crippen LogP) is 1.20. The fourth-order valence-electron chi connectivity index (χ4n) is 3.92. The maximum atomic E-state index is 11.7. The average molecular weight is 243 g/mol. The van der Waals surface area contributed by atoms with Gasteiger partial charge < -0.3 is 5.32 Å². The van der Waals surface area contributed by atoms with Crippen molar-refractivity contribution < 1.29 is 8.42 Å². The first-order chi connectivity index (χ1) is 7.61. The second kappa shape index (κ2) is 3.70. The Morgan fingerprint density at radius 3 is 2.62 bits per heavy atom. The minimum absolute atomic E-state index is 0.435. The van der Waals surface area contributed by atoms with Crippen LogP contribution in [0.25, 0.3) is 0 Å². The molecule has 2 atom stereocenters. The van der Waals surface area contributed by atoms with Gasteiger partial charge in [0.25, 0.3) is 0 Å². The standard InChI is InChI=1S/C12H21NO2S/c14-16(15)7-1-2-10(9-16)11-8-12(11)3-5-13-6-4-12/h10-11,13H,1-9H2. The number of hydrogen-bond donors (Lipinski definition) is 1. The molecule has 3 rings (SSSR count). The molecular formula is C12H21NO2S. The summed E-state index contributed by atoms with van der Waals surface area (Å²) >= 11 is 0. The molecule has 16 heavy (non-hydrogen) atoms. The molecule has 4 heteroatoms. The van der Waals surface area contributed by atoms with Gasteiger partial charge in [0, 0.05) is 0 Å². The first-order valence-electron chi connectivity index (χ1n) is 6.53. The van der Waals surface area contributed by atoms with Crippen LogP contribution in [0.4, 0.5) is 0 Å². The maximum absolute atomic E-state index is 11.7. The summed E-state index contributed by atoms with van der Waals surface area (Å²) in [5, 5.41) is 3.40. The normalized spacial score (nSPS) is 40.8. The third-order valence-electron chi connectivity index (χ3n) is 4.92. The van der Waals surface area contributed by atoms with Crippen molar-refractivity contribution in [3.8, 4) is 0 Å². The lowest BCUT2D eigenvalue weighted by atomic mass is 9.86. The van der Waals surface area contributed by atoms with E-state index in [-0.39, 0.29) is 0 Å². The van der Waals surface area contributed by atoms with Gasteiger partial charge >= 0.3 is 0 Å². The summed E-state index contributed by atoms with van der Waals surface area (Å²) in [5.41, 5.74) is 0.544. The van der Waals surface area contributed by atoms with Crippen molar-refractivity contribution in [1.82, 2.24) is 5.32 Å². The van der Waals surface area contributed by atoms with Crippen molar-refractivity contribution in [2.45, 2.75) is 32.1 Å². The summed E-state index contributed by atoms with van der Waals surface area (Å²) in [7, 11) is -2.71. The molecule has 0 aromatic carbocycles. The van der Waals surface area contributed by atoms with Gasteiger partial charge in [-0.25, -0.2) is 8.42 Å². The van der Waals surface area contributed by atoms with Crippen molar-refractivity contribution in [3.63, 3.8) is 0 Å². The largest absolute Gasteiger partial charge is 0.317 e. The Labute approximate surface area is 97.9 Å². The molecule has 0 radical (unpaired) electrons. The van der Waals surface area contributed by atoms with E-state index in [0.717, 1.165) is 31.8 Å². The molecule has 1 spiro atoms. The van der Waals surface area contributed by atoms with Gasteiger partial charge in [0.2, 0.25) is 0 Å². The van der Waals surface area contributed by atoms with Gasteiger partial charge in [0.05, 0.1) is 11.5 Å². The average Bonchev–Trinajstić information content (AvgIpc) is 2.92. The van der Waals surface area contributed by atoms with Crippen molar-refractivity contribution in [1.29, 1.82) is 0 Å². The van der Waals surface area contributed by atoms with E-state index >= 15 is 0 Å². The second-order valence-corrected chi connectivity index (χ2v) is 8.17. The third kappa shape index (κ3) is 1.90. The maximum Gasteiger partial charge on any atom is 0.150 e. The van der Waals surface area contributed by atoms with E-state index in [0.29, 0.717) is 22.8 Å². The van der Waals surface area contributed by atoms with Crippen molar-refractivity contribution in [2.75, 3.05) is 24.6 Å². The zero-order valence-corrected chi connectivity index (χ0v) is 10.6. The molecule has 2 saturated heterocycles.